The summed E-state index contributed by atoms with van der Waals surface area (Å²) in [6.07, 6.45) is -4.85. The van der Waals surface area contributed by atoms with Crippen molar-refractivity contribution in [2.45, 2.75) is 19.1 Å². The molecule has 0 radical (unpaired) electrons. The Hall–Kier alpha value is -1.21. The SMILES string of the molecule is OC1OCc2nc(C(F)(F)F)ncc21. The van der Waals surface area contributed by atoms with E-state index < -0.39 is 18.3 Å². The number of hydrogen-bond donors (Lipinski definition) is 1. The number of rotatable bonds is 0. The molecule has 4 nitrogen and oxygen atoms in total. The zero-order chi connectivity index (χ0) is 10.3. The maximum atomic E-state index is 12.1. The van der Waals surface area contributed by atoms with Gasteiger partial charge in [-0.15, -0.1) is 0 Å². The van der Waals surface area contributed by atoms with Gasteiger partial charge in [0.1, 0.15) is 0 Å². The van der Waals surface area contributed by atoms with Gasteiger partial charge in [0, 0.05) is 11.8 Å². The van der Waals surface area contributed by atoms with E-state index in [-0.39, 0.29) is 17.9 Å². The summed E-state index contributed by atoms with van der Waals surface area (Å²) in [7, 11) is 0. The van der Waals surface area contributed by atoms with E-state index in [2.05, 4.69) is 14.7 Å². The third-order valence-electron chi connectivity index (χ3n) is 1.80. The minimum Gasteiger partial charge on any atom is -0.364 e. The van der Waals surface area contributed by atoms with Gasteiger partial charge in [-0.1, -0.05) is 0 Å². The number of halogens is 3. The van der Waals surface area contributed by atoms with Crippen LogP contribution in [0.3, 0.4) is 0 Å². The van der Waals surface area contributed by atoms with Crippen LogP contribution in [0.4, 0.5) is 13.2 Å². The summed E-state index contributed by atoms with van der Waals surface area (Å²) in [5.74, 6) is -1.21. The second-order valence-corrected chi connectivity index (χ2v) is 2.76. The molecule has 1 aromatic heterocycles. The Morgan fingerprint density at radius 3 is 2.86 bits per heavy atom. The maximum absolute atomic E-state index is 12.1. The molecule has 1 aliphatic heterocycles. The first-order chi connectivity index (χ1) is 6.48. The molecule has 0 saturated heterocycles. The standard InChI is InChI=1S/C7H5F3N2O2/c8-7(9,10)6-11-1-3-4(12-6)2-14-5(3)13/h1,5,13H,2H2. The molecule has 0 saturated carbocycles. The Bertz CT molecular complexity index is 366. The first-order valence-electron chi connectivity index (χ1n) is 3.71. The van der Waals surface area contributed by atoms with Crippen LogP contribution in [-0.4, -0.2) is 15.1 Å². The van der Waals surface area contributed by atoms with Crippen molar-refractivity contribution in [2.24, 2.45) is 0 Å². The molecule has 1 unspecified atom stereocenters. The van der Waals surface area contributed by atoms with Crippen molar-refractivity contribution in [3.8, 4) is 0 Å². The number of nitrogens with zero attached hydrogens (tertiary/aromatic N) is 2. The highest BCUT2D eigenvalue weighted by atomic mass is 19.4. The highest BCUT2D eigenvalue weighted by Gasteiger charge is 2.36. The molecule has 1 aliphatic rings. The van der Waals surface area contributed by atoms with Gasteiger partial charge in [-0.3, -0.25) is 0 Å². The zero-order valence-electron chi connectivity index (χ0n) is 6.75. The average molecular weight is 206 g/mol. The fourth-order valence-electron chi connectivity index (χ4n) is 1.13. The summed E-state index contributed by atoms with van der Waals surface area (Å²) in [5.41, 5.74) is 0.276. The number of fused-ring (bicyclic) bond motifs is 1. The minimum atomic E-state index is -4.57. The van der Waals surface area contributed by atoms with Gasteiger partial charge in [0.05, 0.1) is 12.3 Å². The average Bonchev–Trinajstić information content (AvgIpc) is 2.46. The topological polar surface area (TPSA) is 55.2 Å². The van der Waals surface area contributed by atoms with Crippen molar-refractivity contribution < 1.29 is 23.0 Å². The summed E-state index contributed by atoms with van der Waals surface area (Å²) in [4.78, 5) is 6.35. The van der Waals surface area contributed by atoms with Crippen molar-refractivity contribution in [3.63, 3.8) is 0 Å². The van der Waals surface area contributed by atoms with Crippen LogP contribution >= 0.6 is 0 Å². The quantitative estimate of drug-likeness (QED) is 0.688. The Morgan fingerprint density at radius 2 is 2.21 bits per heavy atom. The molecule has 2 heterocycles. The summed E-state index contributed by atoms with van der Waals surface area (Å²) in [6.45, 7) is -0.123. The van der Waals surface area contributed by atoms with Crippen LogP contribution in [0.2, 0.25) is 0 Å². The summed E-state index contributed by atoms with van der Waals surface area (Å²) < 4.78 is 41.1. The molecule has 1 atom stereocenters. The molecule has 0 bridgehead atoms. The number of alkyl halides is 3. The van der Waals surface area contributed by atoms with Gasteiger partial charge in [-0.25, -0.2) is 9.97 Å². The van der Waals surface area contributed by atoms with Gasteiger partial charge in [-0.2, -0.15) is 13.2 Å². The van der Waals surface area contributed by atoms with Crippen LogP contribution in [0, 0.1) is 0 Å². The zero-order valence-corrected chi connectivity index (χ0v) is 6.75. The molecule has 0 aromatic carbocycles. The first-order valence-corrected chi connectivity index (χ1v) is 3.71. The Morgan fingerprint density at radius 1 is 1.50 bits per heavy atom. The van der Waals surface area contributed by atoms with Crippen molar-refractivity contribution in [2.75, 3.05) is 0 Å². The van der Waals surface area contributed by atoms with Gasteiger partial charge in [-0.05, 0) is 0 Å². The van der Waals surface area contributed by atoms with E-state index in [4.69, 9.17) is 5.11 Å². The van der Waals surface area contributed by atoms with Gasteiger partial charge in [0.15, 0.2) is 6.29 Å². The lowest BCUT2D eigenvalue weighted by molar-refractivity contribution is -0.145. The fourth-order valence-corrected chi connectivity index (χ4v) is 1.13. The third kappa shape index (κ3) is 1.44. The van der Waals surface area contributed by atoms with Crippen molar-refractivity contribution in [1.29, 1.82) is 0 Å². The number of aliphatic hydroxyl groups excluding tert-OH is 1. The molecule has 7 heteroatoms. The van der Waals surface area contributed by atoms with Gasteiger partial charge in [0.2, 0.25) is 5.82 Å². The van der Waals surface area contributed by atoms with Crippen LogP contribution in [0.25, 0.3) is 0 Å². The number of ether oxygens (including phenoxy) is 1. The summed E-state index contributed by atoms with van der Waals surface area (Å²) >= 11 is 0. The van der Waals surface area contributed by atoms with Gasteiger partial charge >= 0.3 is 6.18 Å². The molecule has 1 N–H and O–H groups in total. The third-order valence-corrected chi connectivity index (χ3v) is 1.80. The Balaban J connectivity index is 2.42. The van der Waals surface area contributed by atoms with Crippen molar-refractivity contribution in [1.82, 2.24) is 9.97 Å². The lowest BCUT2D eigenvalue weighted by atomic mass is 10.2. The van der Waals surface area contributed by atoms with E-state index in [9.17, 15) is 13.2 Å². The van der Waals surface area contributed by atoms with E-state index in [1.807, 2.05) is 0 Å². The highest BCUT2D eigenvalue weighted by molar-refractivity contribution is 5.21. The fraction of sp³-hybridized carbons (Fsp3) is 0.429. The van der Waals surface area contributed by atoms with Gasteiger partial charge in [0.25, 0.3) is 0 Å². The molecule has 2 rings (SSSR count). The second-order valence-electron chi connectivity index (χ2n) is 2.76. The number of hydrogen-bond acceptors (Lipinski definition) is 4. The summed E-state index contributed by atoms with van der Waals surface area (Å²) in [5, 5.41) is 9.09. The second kappa shape index (κ2) is 2.89. The number of aliphatic hydroxyl groups is 1. The van der Waals surface area contributed by atoms with E-state index in [0.717, 1.165) is 6.20 Å². The van der Waals surface area contributed by atoms with Crippen LogP contribution in [-0.2, 0) is 17.5 Å². The van der Waals surface area contributed by atoms with E-state index in [1.54, 1.807) is 0 Å². The molecule has 0 fully saturated rings. The van der Waals surface area contributed by atoms with E-state index in [1.165, 1.54) is 0 Å². The molecule has 14 heavy (non-hydrogen) atoms. The first kappa shape index (κ1) is 9.35. The predicted octanol–water partition coefficient (Wildman–Crippen LogP) is 1.02. The molecule has 1 aromatic rings. The Kier molecular flexibility index (Phi) is 1.93. The Labute approximate surface area is 76.4 Å². The van der Waals surface area contributed by atoms with Crippen LogP contribution in [0.5, 0.6) is 0 Å². The molecule has 76 valence electrons. The lowest BCUT2D eigenvalue weighted by Gasteiger charge is -2.05. The monoisotopic (exact) mass is 206 g/mol. The van der Waals surface area contributed by atoms with E-state index >= 15 is 0 Å². The predicted molar refractivity (Wildman–Crippen MR) is 36.8 cm³/mol. The van der Waals surface area contributed by atoms with Crippen LogP contribution in [0.15, 0.2) is 6.20 Å². The normalized spacial score (nSPS) is 21.0. The minimum absolute atomic E-state index is 0.0832. The summed E-state index contributed by atoms with van der Waals surface area (Å²) in [6, 6.07) is 0. The van der Waals surface area contributed by atoms with Crippen LogP contribution in [0.1, 0.15) is 23.4 Å². The molecule has 0 aliphatic carbocycles. The largest absolute Gasteiger partial charge is 0.451 e. The van der Waals surface area contributed by atoms with Crippen molar-refractivity contribution in [3.05, 3.63) is 23.3 Å². The molecule has 0 spiro atoms. The molecular weight excluding hydrogens is 201 g/mol. The van der Waals surface area contributed by atoms with E-state index in [0.29, 0.717) is 0 Å². The number of aromatic nitrogens is 2. The van der Waals surface area contributed by atoms with Crippen LogP contribution < -0.4 is 0 Å². The lowest BCUT2D eigenvalue weighted by Crippen LogP contribution is -2.12. The maximum Gasteiger partial charge on any atom is 0.451 e. The highest BCUT2D eigenvalue weighted by Crippen LogP contribution is 2.30. The smallest absolute Gasteiger partial charge is 0.364 e. The van der Waals surface area contributed by atoms with Crippen molar-refractivity contribution >= 4 is 0 Å². The molecule has 0 amide bonds. The molecular formula is C7H5F3N2O2. The van der Waals surface area contributed by atoms with Gasteiger partial charge < -0.3 is 9.84 Å².